The molecule has 0 aliphatic heterocycles. The van der Waals surface area contributed by atoms with E-state index in [9.17, 15) is 17.6 Å². The highest BCUT2D eigenvalue weighted by Gasteiger charge is 2.28. The molecular formula is C10H10BrF4N. The standard InChI is InChI=1S/C10H10BrF4N/c11-8-5-6(12)1-2-7(8)9(16)3-4-10(13,14)15/h1-2,5,9H,3-4,16H2/t9-/m1/s1. The van der Waals surface area contributed by atoms with Crippen LogP contribution in [0.3, 0.4) is 0 Å². The fourth-order valence-electron chi connectivity index (χ4n) is 1.28. The SMILES string of the molecule is N[C@H](CCC(F)(F)F)c1ccc(F)cc1Br. The largest absolute Gasteiger partial charge is 0.389 e. The van der Waals surface area contributed by atoms with Crippen LogP contribution in [0.4, 0.5) is 17.6 Å². The number of rotatable bonds is 3. The van der Waals surface area contributed by atoms with E-state index >= 15 is 0 Å². The first-order valence-electron chi connectivity index (χ1n) is 4.57. The second kappa shape index (κ2) is 5.14. The van der Waals surface area contributed by atoms with E-state index in [0.29, 0.717) is 10.0 Å². The summed E-state index contributed by atoms with van der Waals surface area (Å²) in [6.45, 7) is 0. The third-order valence-corrected chi connectivity index (χ3v) is 2.79. The summed E-state index contributed by atoms with van der Waals surface area (Å²) in [6.07, 6.45) is -5.38. The summed E-state index contributed by atoms with van der Waals surface area (Å²) in [4.78, 5) is 0. The lowest BCUT2D eigenvalue weighted by atomic mass is 10.0. The van der Waals surface area contributed by atoms with Gasteiger partial charge in [-0.05, 0) is 24.1 Å². The number of hydrogen-bond acceptors (Lipinski definition) is 1. The molecule has 16 heavy (non-hydrogen) atoms. The molecule has 0 aliphatic carbocycles. The van der Waals surface area contributed by atoms with Crippen molar-refractivity contribution in [3.63, 3.8) is 0 Å². The van der Waals surface area contributed by atoms with Gasteiger partial charge in [0.15, 0.2) is 0 Å². The zero-order valence-electron chi connectivity index (χ0n) is 8.19. The topological polar surface area (TPSA) is 26.0 Å². The summed E-state index contributed by atoms with van der Waals surface area (Å²) in [7, 11) is 0. The fraction of sp³-hybridized carbons (Fsp3) is 0.400. The highest BCUT2D eigenvalue weighted by Crippen LogP contribution is 2.29. The predicted octanol–water partition coefficient (Wildman–Crippen LogP) is 3.93. The van der Waals surface area contributed by atoms with Crippen LogP contribution >= 0.6 is 15.9 Å². The molecule has 0 fully saturated rings. The maximum absolute atomic E-state index is 12.7. The van der Waals surface area contributed by atoms with Crippen molar-refractivity contribution in [3.05, 3.63) is 34.1 Å². The average Bonchev–Trinajstić information content (AvgIpc) is 2.13. The summed E-state index contributed by atoms with van der Waals surface area (Å²) in [5.41, 5.74) is 6.08. The number of alkyl halides is 3. The maximum Gasteiger partial charge on any atom is 0.389 e. The highest BCUT2D eigenvalue weighted by atomic mass is 79.9. The lowest BCUT2D eigenvalue weighted by Gasteiger charge is -2.15. The fourth-order valence-corrected chi connectivity index (χ4v) is 1.92. The Labute approximate surface area is 98.8 Å². The van der Waals surface area contributed by atoms with Crippen LogP contribution in [-0.4, -0.2) is 6.18 Å². The van der Waals surface area contributed by atoms with Gasteiger partial charge in [0.25, 0.3) is 0 Å². The molecule has 0 spiro atoms. The van der Waals surface area contributed by atoms with E-state index in [-0.39, 0.29) is 6.42 Å². The van der Waals surface area contributed by atoms with Crippen LogP contribution in [0, 0.1) is 5.82 Å². The first-order chi connectivity index (χ1) is 7.29. The van der Waals surface area contributed by atoms with Gasteiger partial charge in [-0.2, -0.15) is 13.2 Å². The third-order valence-electron chi connectivity index (χ3n) is 2.10. The van der Waals surface area contributed by atoms with Gasteiger partial charge in [-0.15, -0.1) is 0 Å². The number of hydrogen-bond donors (Lipinski definition) is 1. The van der Waals surface area contributed by atoms with Gasteiger partial charge in [-0.1, -0.05) is 22.0 Å². The van der Waals surface area contributed by atoms with E-state index < -0.39 is 24.5 Å². The summed E-state index contributed by atoms with van der Waals surface area (Å²) < 4.78 is 49.0. The second-order valence-corrected chi connectivity index (χ2v) is 4.28. The van der Waals surface area contributed by atoms with Gasteiger partial charge < -0.3 is 5.73 Å². The van der Waals surface area contributed by atoms with Crippen molar-refractivity contribution < 1.29 is 17.6 Å². The lowest BCUT2D eigenvalue weighted by molar-refractivity contribution is -0.136. The number of nitrogens with two attached hydrogens (primary N) is 1. The Kier molecular flexibility index (Phi) is 4.32. The van der Waals surface area contributed by atoms with E-state index in [1.165, 1.54) is 18.2 Å². The highest BCUT2D eigenvalue weighted by molar-refractivity contribution is 9.10. The molecular weight excluding hydrogens is 290 g/mol. The Morgan fingerprint density at radius 3 is 2.44 bits per heavy atom. The monoisotopic (exact) mass is 299 g/mol. The Morgan fingerprint density at radius 1 is 1.31 bits per heavy atom. The normalized spacial score (nSPS) is 13.9. The number of halogens is 5. The van der Waals surface area contributed by atoms with Crippen LogP contribution in [0.1, 0.15) is 24.4 Å². The molecule has 1 atom stereocenters. The molecule has 0 unspecified atom stereocenters. The van der Waals surface area contributed by atoms with Gasteiger partial charge in [0.2, 0.25) is 0 Å². The van der Waals surface area contributed by atoms with Crippen molar-refractivity contribution >= 4 is 15.9 Å². The summed E-state index contributed by atoms with van der Waals surface area (Å²) >= 11 is 3.07. The molecule has 0 aliphatic rings. The van der Waals surface area contributed by atoms with Crippen molar-refractivity contribution in [2.24, 2.45) is 5.73 Å². The van der Waals surface area contributed by atoms with Crippen molar-refractivity contribution in [2.75, 3.05) is 0 Å². The second-order valence-electron chi connectivity index (χ2n) is 3.43. The van der Waals surface area contributed by atoms with Gasteiger partial charge in [0.1, 0.15) is 5.82 Å². The Hall–Kier alpha value is -0.620. The Balaban J connectivity index is 2.70. The van der Waals surface area contributed by atoms with E-state index in [4.69, 9.17) is 5.73 Å². The van der Waals surface area contributed by atoms with Crippen molar-refractivity contribution in [2.45, 2.75) is 25.1 Å². The van der Waals surface area contributed by atoms with Crippen molar-refractivity contribution in [1.82, 2.24) is 0 Å². The van der Waals surface area contributed by atoms with Gasteiger partial charge in [-0.25, -0.2) is 4.39 Å². The Morgan fingerprint density at radius 2 is 1.94 bits per heavy atom. The van der Waals surface area contributed by atoms with E-state index in [1.807, 2.05) is 0 Å². The van der Waals surface area contributed by atoms with Gasteiger partial charge in [0, 0.05) is 16.9 Å². The molecule has 0 saturated carbocycles. The molecule has 90 valence electrons. The molecule has 0 amide bonds. The lowest BCUT2D eigenvalue weighted by Crippen LogP contribution is -2.16. The molecule has 1 rings (SSSR count). The van der Waals surface area contributed by atoms with Crippen LogP contribution in [0.25, 0.3) is 0 Å². The molecule has 0 heterocycles. The van der Waals surface area contributed by atoms with Crippen LogP contribution in [0.5, 0.6) is 0 Å². The maximum atomic E-state index is 12.7. The van der Waals surface area contributed by atoms with Crippen molar-refractivity contribution in [3.8, 4) is 0 Å². The Bertz CT molecular complexity index is 364. The number of benzene rings is 1. The summed E-state index contributed by atoms with van der Waals surface area (Å²) in [6, 6.07) is 2.99. The average molecular weight is 300 g/mol. The molecule has 1 nitrogen and oxygen atoms in total. The van der Waals surface area contributed by atoms with Crippen LogP contribution in [-0.2, 0) is 0 Å². The van der Waals surface area contributed by atoms with Gasteiger partial charge in [-0.3, -0.25) is 0 Å². The van der Waals surface area contributed by atoms with Crippen LogP contribution < -0.4 is 5.73 Å². The molecule has 0 bridgehead atoms. The minimum atomic E-state index is -4.22. The van der Waals surface area contributed by atoms with Crippen molar-refractivity contribution in [1.29, 1.82) is 0 Å². The first kappa shape index (κ1) is 13.4. The predicted molar refractivity (Wildman–Crippen MR) is 56.3 cm³/mol. The molecule has 0 aromatic heterocycles. The van der Waals surface area contributed by atoms with Crippen LogP contribution in [0.15, 0.2) is 22.7 Å². The zero-order valence-corrected chi connectivity index (χ0v) is 9.78. The van der Waals surface area contributed by atoms with E-state index in [2.05, 4.69) is 15.9 Å². The molecule has 1 aromatic rings. The molecule has 0 saturated heterocycles. The minimum absolute atomic E-state index is 0.215. The molecule has 1 aromatic carbocycles. The zero-order chi connectivity index (χ0) is 12.3. The summed E-state index contributed by atoms with van der Waals surface area (Å²) in [5, 5.41) is 0. The first-order valence-corrected chi connectivity index (χ1v) is 5.36. The van der Waals surface area contributed by atoms with Gasteiger partial charge >= 0.3 is 6.18 Å². The van der Waals surface area contributed by atoms with E-state index in [1.54, 1.807) is 0 Å². The minimum Gasteiger partial charge on any atom is -0.324 e. The van der Waals surface area contributed by atoms with E-state index in [0.717, 1.165) is 0 Å². The quantitative estimate of drug-likeness (QED) is 0.841. The molecule has 2 N–H and O–H groups in total. The molecule has 6 heteroatoms. The smallest absolute Gasteiger partial charge is 0.324 e. The van der Waals surface area contributed by atoms with Gasteiger partial charge in [0.05, 0.1) is 0 Å². The summed E-state index contributed by atoms with van der Waals surface area (Å²) in [5.74, 6) is -0.460. The van der Waals surface area contributed by atoms with Crippen LogP contribution in [0.2, 0.25) is 0 Å². The molecule has 0 radical (unpaired) electrons. The third kappa shape index (κ3) is 4.09.